The molecule has 53 heavy (non-hydrogen) atoms. The van der Waals surface area contributed by atoms with Gasteiger partial charge >= 0.3 is 0 Å². The third-order valence-corrected chi connectivity index (χ3v) is 12.8. The van der Waals surface area contributed by atoms with Gasteiger partial charge < -0.3 is 0 Å². The van der Waals surface area contributed by atoms with Gasteiger partial charge in [-0.2, -0.15) is 0 Å². The predicted octanol–water partition coefficient (Wildman–Crippen LogP) is 13.6. The minimum absolute atomic E-state index is 0.409. The van der Waals surface area contributed by atoms with Gasteiger partial charge in [-0.15, -0.1) is 17.8 Å². The summed E-state index contributed by atoms with van der Waals surface area (Å²) in [5.41, 5.74) is 20.6. The lowest BCUT2D eigenvalue weighted by atomic mass is 9.70. The Labute approximate surface area is 316 Å². The molecule has 1 heterocycles. The number of thiophene rings is 1. The standard InChI is InChI=1S/C52H36S/c1-3-4-6-19-34(2)43-32-44-39-25-15-18-31-48(39)52(46-29-16-13-23-37(46)38-24-14-17-30-47(38)52)49(44)33-45(43)51-42-28-12-11-27-41(42)50(53-51)40-26-10-9-22-36(40)35-20-7-5-8-21-35/h1,4-11,13-27,29-33H,12,28H2,2H3/b6-4-,34-19+. The highest BCUT2D eigenvalue weighted by Crippen LogP contribution is 2.64. The van der Waals surface area contributed by atoms with Crippen LogP contribution in [-0.2, 0) is 11.8 Å². The van der Waals surface area contributed by atoms with Gasteiger partial charge in [-0.3, -0.25) is 0 Å². The minimum Gasteiger partial charge on any atom is -0.134 e. The fourth-order valence-corrected chi connectivity index (χ4v) is 10.7. The lowest BCUT2D eigenvalue weighted by molar-refractivity contribution is 0.794. The second-order valence-electron chi connectivity index (χ2n) is 14.2. The van der Waals surface area contributed by atoms with Crippen LogP contribution in [0.1, 0.15) is 52.3 Å². The van der Waals surface area contributed by atoms with E-state index < -0.39 is 5.41 Å². The van der Waals surface area contributed by atoms with Crippen molar-refractivity contribution >= 4 is 23.0 Å². The molecular formula is C52H36S. The maximum absolute atomic E-state index is 5.66. The molecule has 3 aliphatic rings. The van der Waals surface area contributed by atoms with Crippen molar-refractivity contribution in [2.45, 2.75) is 25.2 Å². The van der Waals surface area contributed by atoms with E-state index in [1.807, 2.05) is 17.4 Å². The van der Waals surface area contributed by atoms with E-state index >= 15 is 0 Å². The monoisotopic (exact) mass is 692 g/mol. The van der Waals surface area contributed by atoms with E-state index in [1.165, 1.54) is 98.8 Å². The second kappa shape index (κ2) is 12.5. The molecule has 0 nitrogen and oxygen atoms in total. The van der Waals surface area contributed by atoms with Gasteiger partial charge in [0.05, 0.1) is 5.41 Å². The quantitative estimate of drug-likeness (QED) is 0.124. The zero-order valence-electron chi connectivity index (χ0n) is 29.6. The Balaban J connectivity index is 1.30. The molecule has 1 aromatic heterocycles. The summed E-state index contributed by atoms with van der Waals surface area (Å²) in [5.74, 6) is 2.68. The van der Waals surface area contributed by atoms with Gasteiger partial charge in [0.25, 0.3) is 0 Å². The number of terminal acetylenes is 1. The van der Waals surface area contributed by atoms with E-state index in [1.54, 1.807) is 6.08 Å². The SMILES string of the molecule is C#C/C=C\C=C(/C)c1cc2c(cc1-c1sc(-c3ccccc3-c3ccccc3)c3c1CCC=C3)C1(c3ccccc3-c3ccccc31)c1ccccc1-2. The van der Waals surface area contributed by atoms with Crippen molar-refractivity contribution in [2.24, 2.45) is 0 Å². The van der Waals surface area contributed by atoms with Crippen molar-refractivity contribution in [3.05, 3.63) is 203 Å². The van der Waals surface area contributed by atoms with Crippen LogP contribution in [0.5, 0.6) is 0 Å². The van der Waals surface area contributed by atoms with Crippen LogP contribution in [-0.4, -0.2) is 0 Å². The Morgan fingerprint density at radius 3 is 1.87 bits per heavy atom. The van der Waals surface area contributed by atoms with Crippen molar-refractivity contribution in [2.75, 3.05) is 0 Å². The Morgan fingerprint density at radius 2 is 1.21 bits per heavy atom. The first kappa shape index (κ1) is 31.5. The molecule has 0 saturated carbocycles. The molecule has 250 valence electrons. The normalized spacial score (nSPS) is 14.5. The van der Waals surface area contributed by atoms with E-state index in [9.17, 15) is 0 Å². The average Bonchev–Trinajstić information content (AvgIpc) is 3.85. The van der Waals surface area contributed by atoms with Crippen LogP contribution in [0.2, 0.25) is 0 Å². The second-order valence-corrected chi connectivity index (χ2v) is 15.2. The molecule has 0 radical (unpaired) electrons. The van der Waals surface area contributed by atoms with Crippen molar-refractivity contribution in [1.29, 1.82) is 0 Å². The highest BCUT2D eigenvalue weighted by Gasteiger charge is 2.51. The average molecular weight is 693 g/mol. The molecule has 0 N–H and O–H groups in total. The summed E-state index contributed by atoms with van der Waals surface area (Å²) < 4.78 is 0. The van der Waals surface area contributed by atoms with Crippen LogP contribution in [0.15, 0.2) is 164 Å². The number of hydrogen-bond acceptors (Lipinski definition) is 1. The summed E-state index contributed by atoms with van der Waals surface area (Å²) in [4.78, 5) is 2.69. The highest BCUT2D eigenvalue weighted by molar-refractivity contribution is 7.19. The van der Waals surface area contributed by atoms with Crippen LogP contribution in [0.4, 0.5) is 0 Å². The van der Waals surface area contributed by atoms with Crippen LogP contribution < -0.4 is 0 Å². The first-order valence-electron chi connectivity index (χ1n) is 18.4. The third kappa shape index (κ3) is 4.63. The van der Waals surface area contributed by atoms with Crippen molar-refractivity contribution in [1.82, 2.24) is 0 Å². The molecule has 0 aliphatic heterocycles. The van der Waals surface area contributed by atoms with Gasteiger partial charge in [-0.05, 0) is 121 Å². The molecule has 0 atom stereocenters. The first-order valence-corrected chi connectivity index (χ1v) is 19.3. The molecule has 3 aliphatic carbocycles. The van der Waals surface area contributed by atoms with Gasteiger partial charge in [0.1, 0.15) is 0 Å². The van der Waals surface area contributed by atoms with Gasteiger partial charge in [0.15, 0.2) is 0 Å². The summed E-state index contributed by atoms with van der Waals surface area (Å²) in [6.45, 7) is 2.23. The minimum atomic E-state index is -0.409. The van der Waals surface area contributed by atoms with E-state index in [0.29, 0.717) is 0 Å². The number of benzene rings is 6. The van der Waals surface area contributed by atoms with Crippen molar-refractivity contribution in [3.8, 4) is 66.6 Å². The molecule has 10 rings (SSSR count). The summed E-state index contributed by atoms with van der Waals surface area (Å²) in [6, 6.07) is 52.0. The van der Waals surface area contributed by atoms with Crippen molar-refractivity contribution in [3.63, 3.8) is 0 Å². The van der Waals surface area contributed by atoms with E-state index in [-0.39, 0.29) is 0 Å². The Hall–Kier alpha value is -6.20. The van der Waals surface area contributed by atoms with Crippen LogP contribution in [0.3, 0.4) is 0 Å². The van der Waals surface area contributed by atoms with Gasteiger partial charge in [0.2, 0.25) is 0 Å². The molecule has 6 aromatic carbocycles. The summed E-state index contributed by atoms with van der Waals surface area (Å²) in [5, 5.41) is 0. The van der Waals surface area contributed by atoms with E-state index in [0.717, 1.165) is 12.8 Å². The largest absolute Gasteiger partial charge is 0.134 e. The summed E-state index contributed by atoms with van der Waals surface area (Å²) in [6.07, 6.45) is 18.4. The highest BCUT2D eigenvalue weighted by atomic mass is 32.1. The zero-order valence-corrected chi connectivity index (χ0v) is 30.4. The molecule has 0 amide bonds. The van der Waals surface area contributed by atoms with E-state index in [4.69, 9.17) is 6.42 Å². The van der Waals surface area contributed by atoms with E-state index in [2.05, 4.69) is 171 Å². The molecule has 0 unspecified atom stereocenters. The molecule has 0 saturated heterocycles. The molecular weight excluding hydrogens is 657 g/mol. The molecule has 0 bridgehead atoms. The van der Waals surface area contributed by atoms with Crippen LogP contribution in [0, 0.1) is 12.3 Å². The lowest BCUT2D eigenvalue weighted by Gasteiger charge is -2.31. The third-order valence-electron chi connectivity index (χ3n) is 11.5. The topological polar surface area (TPSA) is 0 Å². The Morgan fingerprint density at radius 1 is 0.623 bits per heavy atom. The fraction of sp³-hybridized carbons (Fsp3) is 0.0769. The van der Waals surface area contributed by atoms with Gasteiger partial charge in [-0.25, -0.2) is 0 Å². The number of hydrogen-bond donors (Lipinski definition) is 0. The van der Waals surface area contributed by atoms with Crippen LogP contribution >= 0.6 is 11.3 Å². The molecule has 0 fully saturated rings. The molecule has 1 spiro atoms. The smallest absolute Gasteiger partial charge is 0.0725 e. The molecule has 1 heteroatoms. The maximum Gasteiger partial charge on any atom is 0.0725 e. The van der Waals surface area contributed by atoms with Gasteiger partial charge in [0, 0.05) is 15.3 Å². The lowest BCUT2D eigenvalue weighted by Crippen LogP contribution is -2.26. The number of fused-ring (bicyclic) bond motifs is 11. The van der Waals surface area contributed by atoms with Gasteiger partial charge in [-0.1, -0.05) is 158 Å². The number of allylic oxidation sites excluding steroid dienone is 5. The summed E-state index contributed by atoms with van der Waals surface area (Å²) >= 11 is 1.95. The Kier molecular flexibility index (Phi) is 7.43. The first-order chi connectivity index (χ1) is 26.2. The maximum atomic E-state index is 5.66. The van der Waals surface area contributed by atoms with Crippen molar-refractivity contribution < 1.29 is 0 Å². The fourth-order valence-electron chi connectivity index (χ4n) is 9.29. The number of rotatable bonds is 5. The Bertz CT molecular complexity index is 2690. The summed E-state index contributed by atoms with van der Waals surface area (Å²) in [7, 11) is 0. The zero-order chi connectivity index (χ0) is 35.5. The molecule has 7 aromatic rings. The predicted molar refractivity (Wildman–Crippen MR) is 226 cm³/mol. The van der Waals surface area contributed by atoms with Crippen LogP contribution in [0.25, 0.3) is 65.9 Å².